The minimum absolute atomic E-state index is 0.208. The molecule has 0 aliphatic rings. The van der Waals surface area contributed by atoms with E-state index in [0.717, 1.165) is 0 Å². The normalized spacial score (nSPS) is 10.3. The molecule has 98 valence electrons. The number of rotatable bonds is 3. The van der Waals surface area contributed by atoms with Crippen LogP contribution in [0.25, 0.3) is 0 Å². The molecule has 0 bridgehead atoms. The van der Waals surface area contributed by atoms with Crippen molar-refractivity contribution in [1.29, 1.82) is 0 Å². The largest absolute Gasteiger partial charge is 0.336 e. The third kappa shape index (κ3) is 3.38. The fraction of sp³-hybridized carbons (Fsp3) is 0.143. The van der Waals surface area contributed by atoms with Crippen molar-refractivity contribution < 1.29 is 9.18 Å². The Morgan fingerprint density at radius 3 is 2.68 bits per heavy atom. The van der Waals surface area contributed by atoms with Gasteiger partial charge in [-0.05, 0) is 34.1 Å². The molecule has 0 aliphatic carbocycles. The Morgan fingerprint density at radius 1 is 1.26 bits per heavy atom. The van der Waals surface area contributed by atoms with Crippen molar-refractivity contribution in [2.45, 2.75) is 6.54 Å². The zero-order valence-corrected chi connectivity index (χ0v) is 11.9. The van der Waals surface area contributed by atoms with E-state index in [4.69, 9.17) is 0 Å². The van der Waals surface area contributed by atoms with Gasteiger partial charge >= 0.3 is 0 Å². The summed E-state index contributed by atoms with van der Waals surface area (Å²) in [7, 11) is 1.62. The highest BCUT2D eigenvalue weighted by atomic mass is 79.9. The Labute approximate surface area is 119 Å². The lowest BCUT2D eigenvalue weighted by molar-refractivity contribution is 0.0778. The molecule has 2 rings (SSSR count). The summed E-state index contributed by atoms with van der Waals surface area (Å²) in [5.74, 6) is -0.561. The lowest BCUT2D eigenvalue weighted by Gasteiger charge is -2.17. The van der Waals surface area contributed by atoms with Gasteiger partial charge in [-0.1, -0.05) is 24.3 Å². The molecule has 1 heterocycles. The Balaban J connectivity index is 2.14. The molecule has 0 N–H and O–H groups in total. The summed E-state index contributed by atoms with van der Waals surface area (Å²) < 4.78 is 14.1. The van der Waals surface area contributed by atoms with Crippen LogP contribution in [0.3, 0.4) is 0 Å². The van der Waals surface area contributed by atoms with Gasteiger partial charge in [0.1, 0.15) is 16.1 Å². The van der Waals surface area contributed by atoms with Gasteiger partial charge in [-0.25, -0.2) is 9.37 Å². The van der Waals surface area contributed by atoms with Gasteiger partial charge in [0, 0.05) is 19.2 Å². The van der Waals surface area contributed by atoms with E-state index in [2.05, 4.69) is 20.9 Å². The van der Waals surface area contributed by atoms with Crippen molar-refractivity contribution >= 4 is 21.8 Å². The molecule has 3 nitrogen and oxygen atoms in total. The lowest BCUT2D eigenvalue weighted by atomic mass is 10.2. The van der Waals surface area contributed by atoms with Gasteiger partial charge in [-0.15, -0.1) is 0 Å². The van der Waals surface area contributed by atoms with Crippen molar-refractivity contribution in [2.75, 3.05) is 7.05 Å². The van der Waals surface area contributed by atoms with Crippen molar-refractivity contribution in [3.05, 3.63) is 64.1 Å². The van der Waals surface area contributed by atoms with Gasteiger partial charge in [0.25, 0.3) is 5.91 Å². The Kier molecular flexibility index (Phi) is 4.27. The van der Waals surface area contributed by atoms with Crippen LogP contribution in [0, 0.1) is 5.82 Å². The standard InChI is InChI=1S/C14H12BrFN2O/c1-18(9-10-5-2-3-6-11(10)16)14(19)12-7-4-8-13(15)17-12/h2-8H,9H2,1H3. The Hall–Kier alpha value is -1.75. The molecule has 19 heavy (non-hydrogen) atoms. The first kappa shape index (κ1) is 13.7. The van der Waals surface area contributed by atoms with Crippen molar-refractivity contribution in [2.24, 2.45) is 0 Å². The number of carbonyl (C=O) groups excluding carboxylic acids is 1. The van der Waals surface area contributed by atoms with Crippen LogP contribution in [0.15, 0.2) is 47.1 Å². The highest BCUT2D eigenvalue weighted by molar-refractivity contribution is 9.10. The third-order valence-corrected chi connectivity index (χ3v) is 3.09. The minimum atomic E-state index is -0.315. The summed E-state index contributed by atoms with van der Waals surface area (Å²) >= 11 is 3.22. The van der Waals surface area contributed by atoms with Crippen LogP contribution in [-0.4, -0.2) is 22.8 Å². The number of pyridine rings is 1. The molecule has 1 amide bonds. The zero-order chi connectivity index (χ0) is 13.8. The second-order valence-corrected chi connectivity index (χ2v) is 4.91. The summed E-state index contributed by atoms with van der Waals surface area (Å²) in [6.07, 6.45) is 0. The number of hydrogen-bond acceptors (Lipinski definition) is 2. The fourth-order valence-corrected chi connectivity index (χ4v) is 2.02. The summed E-state index contributed by atoms with van der Waals surface area (Å²) in [5, 5.41) is 0. The summed E-state index contributed by atoms with van der Waals surface area (Å²) in [6, 6.07) is 11.5. The molecule has 0 aliphatic heterocycles. The molecule has 0 fully saturated rings. The van der Waals surface area contributed by atoms with Crippen LogP contribution >= 0.6 is 15.9 Å². The number of nitrogens with zero attached hydrogens (tertiary/aromatic N) is 2. The predicted molar refractivity (Wildman–Crippen MR) is 74.1 cm³/mol. The molecule has 5 heteroatoms. The maximum absolute atomic E-state index is 13.5. The van der Waals surface area contributed by atoms with Crippen LogP contribution in [0.2, 0.25) is 0 Å². The molecule has 0 saturated carbocycles. The van der Waals surface area contributed by atoms with E-state index >= 15 is 0 Å². The molecule has 0 unspecified atom stereocenters. The number of benzene rings is 1. The van der Waals surface area contributed by atoms with Gasteiger partial charge in [-0.3, -0.25) is 4.79 Å². The third-order valence-electron chi connectivity index (χ3n) is 2.65. The highest BCUT2D eigenvalue weighted by Gasteiger charge is 2.14. The maximum Gasteiger partial charge on any atom is 0.272 e. The molecule has 2 aromatic rings. The van der Waals surface area contributed by atoms with E-state index in [-0.39, 0.29) is 18.3 Å². The number of carbonyl (C=O) groups is 1. The van der Waals surface area contributed by atoms with Crippen LogP contribution in [-0.2, 0) is 6.54 Å². The van der Waals surface area contributed by atoms with Crippen LogP contribution in [0.1, 0.15) is 16.1 Å². The molecule has 0 saturated heterocycles. The second-order valence-electron chi connectivity index (χ2n) is 4.10. The molecule has 1 aromatic carbocycles. The predicted octanol–water partition coefficient (Wildman–Crippen LogP) is 3.26. The number of aromatic nitrogens is 1. The van der Waals surface area contributed by atoms with Crippen LogP contribution in [0.5, 0.6) is 0 Å². The smallest absolute Gasteiger partial charge is 0.272 e. The second kappa shape index (κ2) is 5.93. The van der Waals surface area contributed by atoms with Gasteiger partial charge in [0.05, 0.1) is 0 Å². The lowest BCUT2D eigenvalue weighted by Crippen LogP contribution is -2.27. The topological polar surface area (TPSA) is 33.2 Å². The van der Waals surface area contributed by atoms with E-state index < -0.39 is 0 Å². The molecule has 0 atom stereocenters. The first-order chi connectivity index (χ1) is 9.08. The average Bonchev–Trinajstić information content (AvgIpc) is 2.40. The van der Waals surface area contributed by atoms with Gasteiger partial charge in [0.2, 0.25) is 0 Å². The Morgan fingerprint density at radius 2 is 2.00 bits per heavy atom. The molecule has 1 aromatic heterocycles. The average molecular weight is 323 g/mol. The van der Waals surface area contributed by atoms with Gasteiger partial charge in [0.15, 0.2) is 0 Å². The molecule has 0 spiro atoms. The molecular weight excluding hydrogens is 311 g/mol. The van der Waals surface area contributed by atoms with E-state index in [1.54, 1.807) is 43.4 Å². The molecular formula is C14H12BrFN2O. The number of amides is 1. The van der Waals surface area contributed by atoms with E-state index in [0.29, 0.717) is 15.9 Å². The van der Waals surface area contributed by atoms with Gasteiger partial charge in [-0.2, -0.15) is 0 Å². The SMILES string of the molecule is CN(Cc1ccccc1F)C(=O)c1cccc(Br)n1. The first-order valence-corrected chi connectivity index (χ1v) is 6.48. The quantitative estimate of drug-likeness (QED) is 0.813. The fourth-order valence-electron chi connectivity index (χ4n) is 1.68. The number of hydrogen-bond donors (Lipinski definition) is 0. The van der Waals surface area contributed by atoms with Crippen molar-refractivity contribution in [3.8, 4) is 0 Å². The maximum atomic E-state index is 13.5. The van der Waals surface area contributed by atoms with Crippen molar-refractivity contribution in [3.63, 3.8) is 0 Å². The zero-order valence-electron chi connectivity index (χ0n) is 10.3. The minimum Gasteiger partial charge on any atom is -0.336 e. The summed E-state index contributed by atoms with van der Waals surface area (Å²) in [4.78, 5) is 17.7. The highest BCUT2D eigenvalue weighted by Crippen LogP contribution is 2.12. The van der Waals surface area contributed by atoms with Crippen LogP contribution < -0.4 is 0 Å². The summed E-state index contributed by atoms with van der Waals surface area (Å²) in [5.41, 5.74) is 0.807. The Bertz CT molecular complexity index is 604. The number of halogens is 2. The van der Waals surface area contributed by atoms with Gasteiger partial charge < -0.3 is 4.90 Å². The van der Waals surface area contributed by atoms with Crippen molar-refractivity contribution in [1.82, 2.24) is 9.88 Å². The van der Waals surface area contributed by atoms with E-state index in [1.165, 1.54) is 11.0 Å². The monoisotopic (exact) mass is 322 g/mol. The van der Waals surface area contributed by atoms with Crippen LogP contribution in [0.4, 0.5) is 4.39 Å². The summed E-state index contributed by atoms with van der Waals surface area (Å²) in [6.45, 7) is 0.208. The molecule has 0 radical (unpaired) electrons. The van der Waals surface area contributed by atoms with E-state index in [1.807, 2.05) is 0 Å². The van der Waals surface area contributed by atoms with E-state index in [9.17, 15) is 9.18 Å². The first-order valence-electron chi connectivity index (χ1n) is 5.69.